The number of para-hydroxylation sites is 1. The molecule has 1 amide bonds. The summed E-state index contributed by atoms with van der Waals surface area (Å²) in [6, 6.07) is 11.7. The van der Waals surface area contributed by atoms with Crippen molar-refractivity contribution in [2.24, 2.45) is 0 Å². The number of aryl methyl sites for hydroxylation is 2. The summed E-state index contributed by atoms with van der Waals surface area (Å²) in [5, 5.41) is 3.22. The Kier molecular flexibility index (Phi) is 4.91. The number of nitrogens with two attached hydrogens (primary N) is 1. The van der Waals surface area contributed by atoms with Gasteiger partial charge >= 0.3 is 0 Å². The standard InChI is InChI=1S/C20H17ClFN3O/c1-11-4-3-5-16(21)18(11)25-20(26)15-9-14(10-24-19(15)23)13-6-7-17(22)12(2)8-13/h3-10H,1-2H3,(H2,23,24)(H,25,26). The molecule has 3 N–H and O–H groups in total. The van der Waals surface area contributed by atoms with Gasteiger partial charge in [0.15, 0.2) is 0 Å². The second-order valence-electron chi connectivity index (χ2n) is 6.01. The molecule has 0 aliphatic carbocycles. The number of benzene rings is 2. The average Bonchev–Trinajstić information content (AvgIpc) is 2.61. The van der Waals surface area contributed by atoms with Crippen molar-refractivity contribution in [1.82, 2.24) is 4.98 Å². The van der Waals surface area contributed by atoms with Crippen molar-refractivity contribution in [3.63, 3.8) is 0 Å². The monoisotopic (exact) mass is 369 g/mol. The highest BCUT2D eigenvalue weighted by Gasteiger charge is 2.15. The molecule has 3 rings (SSSR count). The van der Waals surface area contributed by atoms with Gasteiger partial charge in [0.1, 0.15) is 11.6 Å². The number of nitrogens with zero attached hydrogens (tertiary/aromatic N) is 1. The third kappa shape index (κ3) is 3.53. The smallest absolute Gasteiger partial charge is 0.259 e. The van der Waals surface area contributed by atoms with Gasteiger partial charge in [-0.15, -0.1) is 0 Å². The van der Waals surface area contributed by atoms with Crippen LogP contribution in [0.1, 0.15) is 21.5 Å². The Morgan fingerprint density at radius 1 is 1.12 bits per heavy atom. The summed E-state index contributed by atoms with van der Waals surface area (Å²) < 4.78 is 13.5. The molecule has 0 saturated carbocycles. The van der Waals surface area contributed by atoms with E-state index in [-0.39, 0.29) is 17.2 Å². The molecule has 1 heterocycles. The molecule has 132 valence electrons. The van der Waals surface area contributed by atoms with Gasteiger partial charge in [0.2, 0.25) is 0 Å². The van der Waals surface area contributed by atoms with Gasteiger partial charge in [-0.05, 0) is 54.8 Å². The second kappa shape index (κ2) is 7.14. The van der Waals surface area contributed by atoms with E-state index in [1.54, 1.807) is 43.5 Å². The lowest BCUT2D eigenvalue weighted by Crippen LogP contribution is -2.16. The Hall–Kier alpha value is -2.92. The summed E-state index contributed by atoms with van der Waals surface area (Å²) >= 11 is 6.16. The van der Waals surface area contributed by atoms with Crippen LogP contribution in [-0.2, 0) is 0 Å². The molecule has 2 aromatic carbocycles. The van der Waals surface area contributed by atoms with Crippen molar-refractivity contribution in [2.75, 3.05) is 11.1 Å². The lowest BCUT2D eigenvalue weighted by Gasteiger charge is -2.12. The number of carbonyl (C=O) groups excluding carboxylic acids is 1. The van der Waals surface area contributed by atoms with E-state index >= 15 is 0 Å². The number of pyridine rings is 1. The normalized spacial score (nSPS) is 10.6. The van der Waals surface area contributed by atoms with Gasteiger partial charge in [-0.3, -0.25) is 4.79 Å². The molecule has 1 aromatic heterocycles. The van der Waals surface area contributed by atoms with Gasteiger partial charge in [0.25, 0.3) is 5.91 Å². The maximum absolute atomic E-state index is 13.5. The minimum Gasteiger partial charge on any atom is -0.383 e. The first-order valence-electron chi connectivity index (χ1n) is 7.95. The predicted molar refractivity (Wildman–Crippen MR) is 103 cm³/mol. The summed E-state index contributed by atoms with van der Waals surface area (Å²) in [6.07, 6.45) is 1.56. The van der Waals surface area contributed by atoms with Crippen LogP contribution in [-0.4, -0.2) is 10.9 Å². The molecule has 0 saturated heterocycles. The number of halogens is 2. The fourth-order valence-corrected chi connectivity index (χ4v) is 2.88. The lowest BCUT2D eigenvalue weighted by molar-refractivity contribution is 0.102. The highest BCUT2D eigenvalue weighted by molar-refractivity contribution is 6.34. The van der Waals surface area contributed by atoms with Gasteiger partial charge in [0, 0.05) is 11.8 Å². The van der Waals surface area contributed by atoms with E-state index in [0.29, 0.717) is 21.8 Å². The molecule has 3 aromatic rings. The third-order valence-electron chi connectivity index (χ3n) is 4.11. The van der Waals surface area contributed by atoms with E-state index in [2.05, 4.69) is 10.3 Å². The zero-order chi connectivity index (χ0) is 18.8. The van der Waals surface area contributed by atoms with Crippen LogP contribution in [0.15, 0.2) is 48.7 Å². The fourth-order valence-electron chi connectivity index (χ4n) is 2.61. The minimum absolute atomic E-state index is 0.106. The maximum Gasteiger partial charge on any atom is 0.259 e. The molecule has 0 radical (unpaired) electrons. The van der Waals surface area contributed by atoms with Gasteiger partial charge in [-0.2, -0.15) is 0 Å². The van der Waals surface area contributed by atoms with Crippen molar-refractivity contribution < 1.29 is 9.18 Å². The van der Waals surface area contributed by atoms with Crippen molar-refractivity contribution in [3.05, 3.63) is 76.2 Å². The van der Waals surface area contributed by atoms with Crippen LogP contribution >= 0.6 is 11.6 Å². The molecule has 0 aliphatic rings. The number of nitrogens with one attached hydrogen (secondary N) is 1. The zero-order valence-corrected chi connectivity index (χ0v) is 15.1. The molecule has 0 unspecified atom stereocenters. The number of aromatic nitrogens is 1. The molecular formula is C20H17ClFN3O. The van der Waals surface area contributed by atoms with E-state index in [9.17, 15) is 9.18 Å². The topological polar surface area (TPSA) is 68.0 Å². The van der Waals surface area contributed by atoms with Gasteiger partial charge in [0.05, 0.1) is 16.3 Å². The number of hydrogen-bond acceptors (Lipinski definition) is 3. The van der Waals surface area contributed by atoms with Gasteiger partial charge in [-0.25, -0.2) is 9.37 Å². The summed E-state index contributed by atoms with van der Waals surface area (Å²) in [4.78, 5) is 16.8. The van der Waals surface area contributed by atoms with Crippen LogP contribution in [0.4, 0.5) is 15.9 Å². The Morgan fingerprint density at radius 3 is 2.58 bits per heavy atom. The molecular weight excluding hydrogens is 353 g/mol. The number of anilines is 2. The van der Waals surface area contributed by atoms with Crippen LogP contribution in [0.5, 0.6) is 0 Å². The molecule has 6 heteroatoms. The van der Waals surface area contributed by atoms with Crippen LogP contribution in [0.3, 0.4) is 0 Å². The van der Waals surface area contributed by atoms with E-state index in [0.717, 1.165) is 11.1 Å². The quantitative estimate of drug-likeness (QED) is 0.683. The highest BCUT2D eigenvalue weighted by atomic mass is 35.5. The summed E-state index contributed by atoms with van der Waals surface area (Å²) in [5.41, 5.74) is 9.41. The van der Waals surface area contributed by atoms with Crippen LogP contribution in [0.25, 0.3) is 11.1 Å². The van der Waals surface area contributed by atoms with E-state index < -0.39 is 5.91 Å². The van der Waals surface area contributed by atoms with Crippen molar-refractivity contribution in [1.29, 1.82) is 0 Å². The molecule has 0 spiro atoms. The lowest BCUT2D eigenvalue weighted by atomic mass is 10.0. The van der Waals surface area contributed by atoms with Crippen molar-refractivity contribution >= 4 is 29.0 Å². The summed E-state index contributed by atoms with van der Waals surface area (Å²) in [7, 11) is 0. The Balaban J connectivity index is 1.97. The second-order valence-corrected chi connectivity index (χ2v) is 6.41. The zero-order valence-electron chi connectivity index (χ0n) is 14.3. The highest BCUT2D eigenvalue weighted by Crippen LogP contribution is 2.28. The van der Waals surface area contributed by atoms with Gasteiger partial charge < -0.3 is 11.1 Å². The maximum atomic E-state index is 13.5. The van der Waals surface area contributed by atoms with E-state index in [4.69, 9.17) is 17.3 Å². The van der Waals surface area contributed by atoms with E-state index in [1.165, 1.54) is 6.07 Å². The number of nitrogen functional groups attached to an aromatic ring is 1. The molecule has 0 atom stereocenters. The van der Waals surface area contributed by atoms with Crippen LogP contribution in [0, 0.1) is 19.7 Å². The molecule has 0 aliphatic heterocycles. The first kappa shape index (κ1) is 17.9. The number of rotatable bonds is 3. The Bertz CT molecular complexity index is 984. The third-order valence-corrected chi connectivity index (χ3v) is 4.43. The largest absolute Gasteiger partial charge is 0.383 e. The Labute approximate surface area is 155 Å². The molecule has 0 bridgehead atoms. The van der Waals surface area contributed by atoms with E-state index in [1.807, 2.05) is 13.0 Å². The first-order valence-corrected chi connectivity index (χ1v) is 8.33. The van der Waals surface area contributed by atoms with Gasteiger partial charge in [-0.1, -0.05) is 29.8 Å². The van der Waals surface area contributed by atoms with Crippen LogP contribution in [0.2, 0.25) is 5.02 Å². The summed E-state index contributed by atoms with van der Waals surface area (Å²) in [6.45, 7) is 3.53. The molecule has 0 fully saturated rings. The first-order chi connectivity index (χ1) is 12.4. The molecule has 26 heavy (non-hydrogen) atoms. The van der Waals surface area contributed by atoms with Crippen molar-refractivity contribution in [3.8, 4) is 11.1 Å². The average molecular weight is 370 g/mol. The SMILES string of the molecule is Cc1cc(-c2cnc(N)c(C(=O)Nc3c(C)cccc3Cl)c2)ccc1F. The number of carbonyl (C=O) groups is 1. The Morgan fingerprint density at radius 2 is 1.88 bits per heavy atom. The number of amides is 1. The van der Waals surface area contributed by atoms with Crippen LogP contribution < -0.4 is 11.1 Å². The van der Waals surface area contributed by atoms with Crippen molar-refractivity contribution in [2.45, 2.75) is 13.8 Å². The molecule has 4 nitrogen and oxygen atoms in total. The minimum atomic E-state index is -0.410. The fraction of sp³-hybridized carbons (Fsp3) is 0.100. The predicted octanol–water partition coefficient (Wildman–Crippen LogP) is 4.99. The summed E-state index contributed by atoms with van der Waals surface area (Å²) in [5.74, 6) is -0.592. The number of hydrogen-bond donors (Lipinski definition) is 2.